The van der Waals surface area contributed by atoms with Crippen molar-refractivity contribution in [3.8, 4) is 5.69 Å². The highest BCUT2D eigenvalue weighted by Gasteiger charge is 2.40. The Morgan fingerprint density at radius 2 is 1.73 bits per heavy atom. The maximum absolute atomic E-state index is 13.1. The first-order valence-electron chi connectivity index (χ1n) is 10.6. The summed E-state index contributed by atoms with van der Waals surface area (Å²) in [5.74, 6) is -1.12. The van der Waals surface area contributed by atoms with Crippen molar-refractivity contribution in [2.45, 2.75) is 58.9 Å². The maximum Gasteiger partial charge on any atom is 0.331 e. The van der Waals surface area contributed by atoms with Crippen LogP contribution in [-0.2, 0) is 16.0 Å². The van der Waals surface area contributed by atoms with Crippen LogP contribution >= 0.6 is 0 Å². The van der Waals surface area contributed by atoms with Gasteiger partial charge >= 0.3 is 6.03 Å². The Kier molecular flexibility index (Phi) is 5.33. The van der Waals surface area contributed by atoms with Crippen molar-refractivity contribution in [1.29, 1.82) is 0 Å². The van der Waals surface area contributed by atoms with Gasteiger partial charge < -0.3 is 4.57 Å². The van der Waals surface area contributed by atoms with Gasteiger partial charge in [-0.25, -0.2) is 4.79 Å². The van der Waals surface area contributed by atoms with Crippen molar-refractivity contribution in [1.82, 2.24) is 14.8 Å². The molecule has 2 heterocycles. The number of urea groups is 1. The predicted octanol–water partition coefficient (Wildman–Crippen LogP) is 4.06. The summed E-state index contributed by atoms with van der Waals surface area (Å²) in [6, 6.07) is 9.61. The summed E-state index contributed by atoms with van der Waals surface area (Å²) in [6.07, 6.45) is 6.17. The van der Waals surface area contributed by atoms with E-state index in [0.717, 1.165) is 54.7 Å². The van der Waals surface area contributed by atoms with Gasteiger partial charge in [-0.05, 0) is 68.5 Å². The molecular formula is C24H27N3O3. The molecule has 0 unspecified atom stereocenters. The molecule has 1 aromatic heterocycles. The minimum atomic E-state index is -0.628. The summed E-state index contributed by atoms with van der Waals surface area (Å²) >= 11 is 0. The Hall–Kier alpha value is -3.15. The minimum absolute atomic E-state index is 0.0167. The standard InChI is InChI=1S/C24H27N3O3/c1-4-17-9-11-20(12-10-17)26-15(2)13-18(16(26)3)14-21-22(28)25-24(30)27(23(21)29)19-7-5-6-8-19/h9-14,19H,4-8H2,1-3H3,(H,25,28,30)/b21-14+. The Morgan fingerprint density at radius 3 is 2.37 bits per heavy atom. The van der Waals surface area contributed by atoms with Gasteiger partial charge in [0.25, 0.3) is 11.8 Å². The SMILES string of the molecule is CCc1ccc(-n2c(C)cc(/C=C3\C(=O)NC(=O)N(C4CCCC4)C3=O)c2C)cc1. The second kappa shape index (κ2) is 7.94. The zero-order chi connectivity index (χ0) is 21.4. The van der Waals surface area contributed by atoms with E-state index in [2.05, 4.69) is 41.1 Å². The minimum Gasteiger partial charge on any atom is -0.318 e. The molecule has 0 spiro atoms. The zero-order valence-electron chi connectivity index (χ0n) is 17.7. The third kappa shape index (κ3) is 3.47. The summed E-state index contributed by atoms with van der Waals surface area (Å²) in [6.45, 7) is 6.09. The molecule has 0 atom stereocenters. The van der Waals surface area contributed by atoms with Crippen LogP contribution in [0.1, 0.15) is 55.1 Å². The Morgan fingerprint density at radius 1 is 1.07 bits per heavy atom. The van der Waals surface area contributed by atoms with Gasteiger partial charge in [0, 0.05) is 23.1 Å². The largest absolute Gasteiger partial charge is 0.331 e. The fraction of sp³-hybridized carbons (Fsp3) is 0.375. The van der Waals surface area contributed by atoms with Gasteiger partial charge in [-0.15, -0.1) is 0 Å². The first-order chi connectivity index (χ1) is 14.4. The maximum atomic E-state index is 13.1. The molecule has 0 bridgehead atoms. The van der Waals surface area contributed by atoms with Crippen molar-refractivity contribution in [3.63, 3.8) is 0 Å². The van der Waals surface area contributed by atoms with Gasteiger partial charge in [-0.1, -0.05) is 31.9 Å². The summed E-state index contributed by atoms with van der Waals surface area (Å²) in [5.41, 5.74) is 5.07. The number of aryl methyl sites for hydroxylation is 2. The first-order valence-corrected chi connectivity index (χ1v) is 10.6. The first kappa shape index (κ1) is 20.1. The van der Waals surface area contributed by atoms with E-state index in [1.807, 2.05) is 19.9 Å². The molecule has 4 amide bonds. The molecule has 1 aromatic carbocycles. The number of rotatable bonds is 4. The number of nitrogens with one attached hydrogen (secondary N) is 1. The smallest absolute Gasteiger partial charge is 0.318 e. The van der Waals surface area contributed by atoms with E-state index in [4.69, 9.17) is 0 Å². The fourth-order valence-electron chi connectivity index (χ4n) is 4.53. The number of benzene rings is 1. The van der Waals surface area contributed by atoms with E-state index in [1.165, 1.54) is 10.5 Å². The monoisotopic (exact) mass is 405 g/mol. The second-order valence-electron chi connectivity index (χ2n) is 8.11. The van der Waals surface area contributed by atoms with Crippen LogP contribution in [0.3, 0.4) is 0 Å². The molecule has 156 valence electrons. The number of carbonyl (C=O) groups is 3. The average Bonchev–Trinajstić information content (AvgIpc) is 3.33. The summed E-state index contributed by atoms with van der Waals surface area (Å²) in [4.78, 5) is 39.1. The van der Waals surface area contributed by atoms with Crippen molar-refractivity contribution < 1.29 is 14.4 Å². The number of carbonyl (C=O) groups excluding carboxylic acids is 3. The third-order valence-electron chi connectivity index (χ3n) is 6.20. The topological polar surface area (TPSA) is 71.4 Å². The second-order valence-corrected chi connectivity index (χ2v) is 8.11. The van der Waals surface area contributed by atoms with E-state index >= 15 is 0 Å². The molecule has 1 aliphatic carbocycles. The quantitative estimate of drug-likeness (QED) is 0.616. The van der Waals surface area contributed by atoms with Gasteiger partial charge in [0.1, 0.15) is 5.57 Å². The van der Waals surface area contributed by atoms with Crippen molar-refractivity contribution >= 4 is 23.9 Å². The third-order valence-corrected chi connectivity index (χ3v) is 6.20. The van der Waals surface area contributed by atoms with Crippen LogP contribution in [0.4, 0.5) is 4.79 Å². The van der Waals surface area contributed by atoms with Crippen LogP contribution in [-0.4, -0.2) is 33.4 Å². The van der Waals surface area contributed by atoms with Crippen LogP contribution in [0.2, 0.25) is 0 Å². The van der Waals surface area contributed by atoms with Crippen molar-refractivity contribution in [3.05, 3.63) is 58.4 Å². The van der Waals surface area contributed by atoms with E-state index in [0.29, 0.717) is 0 Å². The molecule has 2 aromatic rings. The highest BCUT2D eigenvalue weighted by Crippen LogP contribution is 2.28. The molecule has 30 heavy (non-hydrogen) atoms. The molecule has 1 saturated carbocycles. The van der Waals surface area contributed by atoms with Crippen LogP contribution in [0, 0.1) is 13.8 Å². The van der Waals surface area contributed by atoms with Crippen LogP contribution in [0.15, 0.2) is 35.9 Å². The number of imide groups is 2. The molecule has 6 heteroatoms. The zero-order valence-corrected chi connectivity index (χ0v) is 17.7. The lowest BCUT2D eigenvalue weighted by Crippen LogP contribution is -2.57. The Labute approximate surface area is 176 Å². The molecule has 4 rings (SSSR count). The molecule has 2 fully saturated rings. The number of amides is 4. The van der Waals surface area contributed by atoms with Crippen molar-refractivity contribution in [2.75, 3.05) is 0 Å². The molecule has 2 aliphatic rings. The van der Waals surface area contributed by atoms with Crippen LogP contribution in [0.25, 0.3) is 11.8 Å². The van der Waals surface area contributed by atoms with Crippen molar-refractivity contribution in [2.24, 2.45) is 0 Å². The highest BCUT2D eigenvalue weighted by molar-refractivity contribution is 6.31. The van der Waals surface area contributed by atoms with Gasteiger partial charge in [-0.2, -0.15) is 0 Å². The molecule has 1 N–H and O–H groups in total. The number of barbiturate groups is 1. The lowest BCUT2D eigenvalue weighted by Gasteiger charge is -2.31. The van der Waals surface area contributed by atoms with Gasteiger partial charge in [-0.3, -0.25) is 19.8 Å². The number of hydrogen-bond acceptors (Lipinski definition) is 3. The molecule has 1 saturated heterocycles. The molecular weight excluding hydrogens is 378 g/mol. The van der Waals surface area contributed by atoms with Gasteiger partial charge in [0.05, 0.1) is 0 Å². The summed E-state index contributed by atoms with van der Waals surface area (Å²) in [5, 5.41) is 2.34. The lowest BCUT2D eigenvalue weighted by molar-refractivity contribution is -0.131. The number of aromatic nitrogens is 1. The van der Waals surface area contributed by atoms with Gasteiger partial charge in [0.15, 0.2) is 0 Å². The summed E-state index contributed by atoms with van der Waals surface area (Å²) in [7, 11) is 0. The van der Waals surface area contributed by atoms with E-state index in [1.54, 1.807) is 6.08 Å². The fourth-order valence-corrected chi connectivity index (χ4v) is 4.53. The van der Waals surface area contributed by atoms with Crippen LogP contribution < -0.4 is 5.32 Å². The Bertz CT molecular complexity index is 1040. The molecule has 0 radical (unpaired) electrons. The van der Waals surface area contributed by atoms with E-state index < -0.39 is 17.8 Å². The molecule has 6 nitrogen and oxygen atoms in total. The van der Waals surface area contributed by atoms with E-state index in [9.17, 15) is 14.4 Å². The highest BCUT2D eigenvalue weighted by atomic mass is 16.2. The molecule has 1 aliphatic heterocycles. The summed E-state index contributed by atoms with van der Waals surface area (Å²) < 4.78 is 2.11. The van der Waals surface area contributed by atoms with E-state index in [-0.39, 0.29) is 11.6 Å². The normalized spacial score (nSPS) is 19.1. The lowest BCUT2D eigenvalue weighted by atomic mass is 10.1. The number of nitrogens with zero attached hydrogens (tertiary/aromatic N) is 2. The predicted molar refractivity (Wildman–Crippen MR) is 115 cm³/mol. The van der Waals surface area contributed by atoms with Crippen LogP contribution in [0.5, 0.6) is 0 Å². The number of hydrogen-bond donors (Lipinski definition) is 1. The average molecular weight is 405 g/mol. The van der Waals surface area contributed by atoms with Gasteiger partial charge in [0.2, 0.25) is 0 Å². The Balaban J connectivity index is 1.70.